The Balaban J connectivity index is 2.43. The van der Waals surface area contributed by atoms with Crippen LogP contribution in [0.1, 0.15) is 39.0 Å². The zero-order chi connectivity index (χ0) is 13.8. The van der Waals surface area contributed by atoms with Crippen LogP contribution < -0.4 is 5.32 Å². The zero-order valence-electron chi connectivity index (χ0n) is 10.4. The lowest BCUT2D eigenvalue weighted by molar-refractivity contribution is -0.142. The highest BCUT2D eigenvalue weighted by Gasteiger charge is 2.39. The highest BCUT2D eigenvalue weighted by atomic mass is 19.3. The van der Waals surface area contributed by atoms with Gasteiger partial charge in [0.25, 0.3) is 0 Å². The van der Waals surface area contributed by atoms with Gasteiger partial charge in [-0.1, -0.05) is 6.92 Å². The number of amides is 1. The second-order valence-electron chi connectivity index (χ2n) is 4.84. The first-order valence-electron chi connectivity index (χ1n) is 6.24. The van der Waals surface area contributed by atoms with E-state index < -0.39 is 36.1 Å². The topological polar surface area (TPSA) is 66.4 Å². The number of carbonyl (C=O) groups excluding carboxylic acids is 1. The molecule has 0 aliphatic heterocycles. The molecule has 0 radical (unpaired) electrons. The van der Waals surface area contributed by atoms with Crippen molar-refractivity contribution in [2.24, 2.45) is 11.8 Å². The molecule has 1 aliphatic carbocycles. The van der Waals surface area contributed by atoms with Gasteiger partial charge in [-0.2, -0.15) is 0 Å². The normalized spacial score (nSPS) is 24.3. The number of halogens is 2. The summed E-state index contributed by atoms with van der Waals surface area (Å²) in [5, 5.41) is 11.3. The Bertz CT molecular complexity index is 320. The van der Waals surface area contributed by atoms with Gasteiger partial charge >= 0.3 is 5.97 Å². The Hall–Kier alpha value is -1.20. The summed E-state index contributed by atoms with van der Waals surface area (Å²) in [6.07, 6.45) is 0.592. The van der Waals surface area contributed by atoms with Gasteiger partial charge < -0.3 is 10.4 Å². The van der Waals surface area contributed by atoms with Crippen molar-refractivity contribution in [2.75, 3.05) is 6.54 Å². The molecular formula is C12H19F2NO3. The van der Waals surface area contributed by atoms with Crippen LogP contribution in [-0.4, -0.2) is 29.5 Å². The predicted molar refractivity (Wildman–Crippen MR) is 61.3 cm³/mol. The number of aliphatic carboxylic acids is 1. The van der Waals surface area contributed by atoms with Crippen LogP contribution in [0.3, 0.4) is 0 Å². The van der Waals surface area contributed by atoms with E-state index in [1.807, 2.05) is 0 Å². The number of alkyl halides is 2. The van der Waals surface area contributed by atoms with Crippen LogP contribution in [0, 0.1) is 11.8 Å². The Labute approximate surface area is 105 Å². The van der Waals surface area contributed by atoms with Crippen LogP contribution in [-0.2, 0) is 9.59 Å². The van der Waals surface area contributed by atoms with E-state index in [9.17, 15) is 18.4 Å². The van der Waals surface area contributed by atoms with Crippen LogP contribution >= 0.6 is 0 Å². The van der Waals surface area contributed by atoms with E-state index >= 15 is 0 Å². The molecule has 1 fully saturated rings. The lowest BCUT2D eigenvalue weighted by Crippen LogP contribution is -2.40. The third-order valence-corrected chi connectivity index (χ3v) is 3.38. The molecule has 1 rings (SSSR count). The van der Waals surface area contributed by atoms with Crippen LogP contribution in [0.5, 0.6) is 0 Å². The van der Waals surface area contributed by atoms with Gasteiger partial charge in [-0.3, -0.25) is 9.59 Å². The summed E-state index contributed by atoms with van der Waals surface area (Å²) in [6, 6.07) is 0. The zero-order valence-corrected chi connectivity index (χ0v) is 10.4. The molecule has 1 amide bonds. The second kappa shape index (κ2) is 6.11. The van der Waals surface area contributed by atoms with Gasteiger partial charge in [-0.05, 0) is 19.3 Å². The van der Waals surface area contributed by atoms with Gasteiger partial charge in [0.05, 0.1) is 5.92 Å². The smallest absolute Gasteiger partial charge is 0.308 e. The first-order chi connectivity index (χ1) is 8.35. The number of rotatable bonds is 5. The van der Waals surface area contributed by atoms with Crippen LogP contribution in [0.2, 0.25) is 0 Å². The molecule has 0 saturated heterocycles. The summed E-state index contributed by atoms with van der Waals surface area (Å²) in [7, 11) is 0. The molecule has 0 aromatic heterocycles. The van der Waals surface area contributed by atoms with Crippen molar-refractivity contribution in [3.05, 3.63) is 0 Å². The van der Waals surface area contributed by atoms with E-state index in [-0.39, 0.29) is 13.0 Å². The highest BCUT2D eigenvalue weighted by molar-refractivity contribution is 5.79. The largest absolute Gasteiger partial charge is 0.481 e. The molecule has 1 aliphatic rings. The standard InChI is InChI=1S/C12H19F2NO3/c1-2-8(11(17)18)7-15-10(16)9-4-3-5-12(13,14)6-9/h8-9H,2-7H2,1H3,(H,15,16)(H,17,18). The van der Waals surface area contributed by atoms with Crippen molar-refractivity contribution in [1.29, 1.82) is 0 Å². The van der Waals surface area contributed by atoms with Crippen molar-refractivity contribution in [3.63, 3.8) is 0 Å². The summed E-state index contributed by atoms with van der Waals surface area (Å²) in [4.78, 5) is 22.4. The van der Waals surface area contributed by atoms with Gasteiger partial charge in [0.15, 0.2) is 0 Å². The first-order valence-corrected chi connectivity index (χ1v) is 6.24. The number of hydrogen-bond donors (Lipinski definition) is 2. The third kappa shape index (κ3) is 4.23. The monoisotopic (exact) mass is 263 g/mol. The van der Waals surface area contributed by atoms with Crippen molar-refractivity contribution < 1.29 is 23.5 Å². The molecule has 0 aromatic carbocycles. The molecule has 2 atom stereocenters. The Kier molecular flexibility index (Phi) is 5.04. The molecule has 0 bridgehead atoms. The van der Waals surface area contributed by atoms with Gasteiger partial charge in [-0.15, -0.1) is 0 Å². The van der Waals surface area contributed by atoms with Crippen LogP contribution in [0.4, 0.5) is 8.78 Å². The summed E-state index contributed by atoms with van der Waals surface area (Å²) in [5.74, 6) is -5.55. The second-order valence-corrected chi connectivity index (χ2v) is 4.84. The molecule has 104 valence electrons. The van der Waals surface area contributed by atoms with Gasteiger partial charge in [0, 0.05) is 25.3 Å². The maximum atomic E-state index is 13.1. The van der Waals surface area contributed by atoms with Crippen molar-refractivity contribution in [1.82, 2.24) is 5.32 Å². The average molecular weight is 263 g/mol. The van der Waals surface area contributed by atoms with Crippen molar-refractivity contribution in [3.8, 4) is 0 Å². The fraction of sp³-hybridized carbons (Fsp3) is 0.833. The lowest BCUT2D eigenvalue weighted by atomic mass is 9.86. The van der Waals surface area contributed by atoms with Crippen molar-refractivity contribution >= 4 is 11.9 Å². The molecule has 0 aromatic rings. The van der Waals surface area contributed by atoms with Gasteiger partial charge in [0.1, 0.15) is 0 Å². The van der Waals surface area contributed by atoms with Crippen LogP contribution in [0.25, 0.3) is 0 Å². The molecular weight excluding hydrogens is 244 g/mol. The Morgan fingerprint density at radius 3 is 2.67 bits per heavy atom. The minimum absolute atomic E-state index is 0.00668. The summed E-state index contributed by atoms with van der Waals surface area (Å²) >= 11 is 0. The molecule has 6 heteroatoms. The summed E-state index contributed by atoms with van der Waals surface area (Å²) in [5.41, 5.74) is 0. The van der Waals surface area contributed by atoms with E-state index in [0.29, 0.717) is 19.3 Å². The summed E-state index contributed by atoms with van der Waals surface area (Å²) < 4.78 is 26.3. The molecule has 1 saturated carbocycles. The molecule has 4 nitrogen and oxygen atoms in total. The highest BCUT2D eigenvalue weighted by Crippen LogP contribution is 2.36. The minimum atomic E-state index is -2.77. The van der Waals surface area contributed by atoms with Crippen LogP contribution in [0.15, 0.2) is 0 Å². The van der Waals surface area contributed by atoms with Crippen molar-refractivity contribution in [2.45, 2.75) is 45.0 Å². The SMILES string of the molecule is CCC(CNC(=O)C1CCCC(F)(F)C1)C(=O)O. The number of nitrogens with one attached hydrogen (secondary N) is 1. The van der Waals surface area contributed by atoms with E-state index in [4.69, 9.17) is 5.11 Å². The van der Waals surface area contributed by atoms with Gasteiger partial charge in [0.2, 0.25) is 11.8 Å². The first kappa shape index (κ1) is 14.9. The number of carboxylic acid groups (broad SMARTS) is 1. The maximum Gasteiger partial charge on any atom is 0.308 e. The number of carbonyl (C=O) groups is 2. The molecule has 18 heavy (non-hydrogen) atoms. The summed E-state index contributed by atoms with van der Waals surface area (Å²) in [6.45, 7) is 1.71. The van der Waals surface area contributed by atoms with E-state index in [1.54, 1.807) is 6.92 Å². The van der Waals surface area contributed by atoms with Gasteiger partial charge in [-0.25, -0.2) is 8.78 Å². The number of carboxylic acids is 1. The maximum absolute atomic E-state index is 13.1. The molecule has 2 unspecified atom stereocenters. The third-order valence-electron chi connectivity index (χ3n) is 3.38. The fourth-order valence-electron chi connectivity index (χ4n) is 2.17. The minimum Gasteiger partial charge on any atom is -0.481 e. The Morgan fingerprint density at radius 2 is 2.17 bits per heavy atom. The quantitative estimate of drug-likeness (QED) is 0.797. The van der Waals surface area contributed by atoms with E-state index in [2.05, 4.69) is 5.32 Å². The fourth-order valence-corrected chi connectivity index (χ4v) is 2.17. The molecule has 0 spiro atoms. The molecule has 2 N–H and O–H groups in total. The van der Waals surface area contributed by atoms with E-state index in [0.717, 1.165) is 0 Å². The molecule has 0 heterocycles. The predicted octanol–water partition coefficient (Wildman–Crippen LogP) is 2.04. The number of hydrogen-bond acceptors (Lipinski definition) is 2. The lowest BCUT2D eigenvalue weighted by Gasteiger charge is -2.28. The average Bonchev–Trinajstić information content (AvgIpc) is 2.27. The van der Waals surface area contributed by atoms with E-state index in [1.165, 1.54) is 0 Å². The Morgan fingerprint density at radius 1 is 1.50 bits per heavy atom.